The maximum Gasteiger partial charge on any atom is 0.416 e. The fourth-order valence-electron chi connectivity index (χ4n) is 2.25. The van der Waals surface area contributed by atoms with E-state index in [1.807, 2.05) is 11.8 Å². The zero-order valence-electron chi connectivity index (χ0n) is 10.6. The average molecular weight is 337 g/mol. The van der Waals surface area contributed by atoms with Gasteiger partial charge >= 0.3 is 6.18 Å². The molecule has 0 aliphatic carbocycles. The largest absolute Gasteiger partial charge is 0.416 e. The van der Waals surface area contributed by atoms with E-state index in [1.54, 1.807) is 0 Å². The lowest BCUT2D eigenvalue weighted by atomic mass is 10.1. The highest BCUT2D eigenvalue weighted by atomic mass is 79.9. The predicted octanol–water partition coefficient (Wildman–Crippen LogP) is 3.66. The first kappa shape index (κ1) is 14.7. The Morgan fingerprint density at radius 1 is 1.37 bits per heavy atom. The van der Waals surface area contributed by atoms with Crippen LogP contribution in [0, 0.1) is 0 Å². The van der Waals surface area contributed by atoms with E-state index in [9.17, 15) is 13.2 Å². The Bertz CT molecular complexity index is 448. The molecule has 0 saturated carbocycles. The van der Waals surface area contributed by atoms with E-state index in [1.165, 1.54) is 12.1 Å². The summed E-state index contributed by atoms with van der Waals surface area (Å²) in [6.07, 6.45) is -3.38. The van der Waals surface area contributed by atoms with Crippen LogP contribution in [0.4, 0.5) is 18.9 Å². The van der Waals surface area contributed by atoms with Crippen molar-refractivity contribution in [3.05, 3.63) is 28.2 Å². The van der Waals surface area contributed by atoms with Crippen molar-refractivity contribution < 1.29 is 13.2 Å². The second-order valence-corrected chi connectivity index (χ2v) is 5.67. The number of halogens is 4. The van der Waals surface area contributed by atoms with Gasteiger partial charge in [0.25, 0.3) is 0 Å². The first-order valence-electron chi connectivity index (χ1n) is 6.23. The molecule has 1 heterocycles. The smallest absolute Gasteiger partial charge is 0.369 e. The zero-order chi connectivity index (χ0) is 14.0. The normalized spacial score (nSPS) is 21.3. The second kappa shape index (κ2) is 5.71. The Labute approximate surface area is 119 Å². The standard InChI is InChI=1S/C13H16BrF3N2/c1-9-8-19(6-2-5-18-9)12-7-10(13(15,16)17)3-4-11(12)14/h3-4,7,9,18H,2,5-6,8H2,1H3. The highest BCUT2D eigenvalue weighted by Gasteiger charge is 2.31. The van der Waals surface area contributed by atoms with Crippen LogP contribution in [0.25, 0.3) is 0 Å². The molecule has 19 heavy (non-hydrogen) atoms. The first-order chi connectivity index (χ1) is 8.88. The Morgan fingerprint density at radius 3 is 2.79 bits per heavy atom. The van der Waals surface area contributed by atoms with Crippen LogP contribution in [-0.2, 0) is 6.18 Å². The molecule has 6 heteroatoms. The molecule has 1 saturated heterocycles. The molecule has 1 aromatic carbocycles. The van der Waals surface area contributed by atoms with Crippen LogP contribution in [0.2, 0.25) is 0 Å². The molecule has 1 aliphatic heterocycles. The molecular weight excluding hydrogens is 321 g/mol. The quantitative estimate of drug-likeness (QED) is 0.841. The molecule has 1 fully saturated rings. The van der Waals surface area contributed by atoms with Gasteiger partial charge < -0.3 is 10.2 Å². The molecule has 1 atom stereocenters. The van der Waals surface area contributed by atoms with Gasteiger partial charge in [-0.05, 0) is 54.0 Å². The first-order valence-corrected chi connectivity index (χ1v) is 7.02. The maximum atomic E-state index is 12.8. The molecule has 106 valence electrons. The van der Waals surface area contributed by atoms with E-state index in [-0.39, 0.29) is 6.04 Å². The molecule has 1 aromatic rings. The Hall–Kier alpha value is -0.750. The molecule has 0 spiro atoms. The van der Waals surface area contributed by atoms with Gasteiger partial charge in [-0.2, -0.15) is 13.2 Å². The van der Waals surface area contributed by atoms with Gasteiger partial charge in [0, 0.05) is 23.6 Å². The highest BCUT2D eigenvalue weighted by Crippen LogP contribution is 2.35. The third-order valence-electron chi connectivity index (χ3n) is 3.21. The number of nitrogens with one attached hydrogen (secondary N) is 1. The minimum Gasteiger partial charge on any atom is -0.369 e. The van der Waals surface area contributed by atoms with Crippen molar-refractivity contribution in [2.24, 2.45) is 0 Å². The van der Waals surface area contributed by atoms with Crippen LogP contribution in [0.5, 0.6) is 0 Å². The average Bonchev–Trinajstić information content (AvgIpc) is 2.53. The molecule has 0 aromatic heterocycles. The van der Waals surface area contributed by atoms with Gasteiger partial charge in [0.15, 0.2) is 0 Å². The van der Waals surface area contributed by atoms with Crippen molar-refractivity contribution in [3.63, 3.8) is 0 Å². The number of alkyl halides is 3. The van der Waals surface area contributed by atoms with Gasteiger partial charge in [-0.1, -0.05) is 0 Å². The van der Waals surface area contributed by atoms with E-state index in [0.29, 0.717) is 16.7 Å². The summed E-state index contributed by atoms with van der Waals surface area (Å²) in [7, 11) is 0. The molecule has 1 unspecified atom stereocenters. The van der Waals surface area contributed by atoms with Crippen LogP contribution < -0.4 is 10.2 Å². The number of hydrogen-bond acceptors (Lipinski definition) is 2. The van der Waals surface area contributed by atoms with Gasteiger partial charge in [-0.25, -0.2) is 0 Å². The lowest BCUT2D eigenvalue weighted by molar-refractivity contribution is -0.137. The van der Waals surface area contributed by atoms with Gasteiger partial charge in [0.1, 0.15) is 0 Å². The third kappa shape index (κ3) is 3.63. The Balaban J connectivity index is 2.32. The van der Waals surface area contributed by atoms with E-state index < -0.39 is 11.7 Å². The van der Waals surface area contributed by atoms with Crippen molar-refractivity contribution in [1.29, 1.82) is 0 Å². The van der Waals surface area contributed by atoms with Crippen molar-refractivity contribution in [1.82, 2.24) is 5.32 Å². The predicted molar refractivity (Wildman–Crippen MR) is 73.4 cm³/mol. The van der Waals surface area contributed by atoms with Crippen LogP contribution in [0.1, 0.15) is 18.9 Å². The Morgan fingerprint density at radius 2 is 2.11 bits per heavy atom. The summed E-state index contributed by atoms with van der Waals surface area (Å²) in [5.74, 6) is 0. The molecule has 2 rings (SSSR count). The van der Waals surface area contributed by atoms with Gasteiger partial charge in [0.2, 0.25) is 0 Å². The summed E-state index contributed by atoms with van der Waals surface area (Å²) < 4.78 is 39.0. The summed E-state index contributed by atoms with van der Waals surface area (Å²) in [4.78, 5) is 2.00. The van der Waals surface area contributed by atoms with E-state index in [4.69, 9.17) is 0 Å². The fourth-order valence-corrected chi connectivity index (χ4v) is 2.75. The molecule has 0 radical (unpaired) electrons. The number of nitrogens with zero attached hydrogens (tertiary/aromatic N) is 1. The highest BCUT2D eigenvalue weighted by molar-refractivity contribution is 9.10. The van der Waals surface area contributed by atoms with E-state index >= 15 is 0 Å². The number of benzene rings is 1. The minimum absolute atomic E-state index is 0.268. The van der Waals surface area contributed by atoms with Crippen molar-refractivity contribution in [3.8, 4) is 0 Å². The van der Waals surface area contributed by atoms with Crippen LogP contribution in [-0.4, -0.2) is 25.7 Å². The van der Waals surface area contributed by atoms with Gasteiger partial charge in [-0.15, -0.1) is 0 Å². The topological polar surface area (TPSA) is 15.3 Å². The molecule has 1 N–H and O–H groups in total. The second-order valence-electron chi connectivity index (χ2n) is 4.82. The Kier molecular flexibility index (Phi) is 4.40. The lowest BCUT2D eigenvalue weighted by Crippen LogP contribution is -2.35. The SMILES string of the molecule is CC1CN(c2cc(C(F)(F)F)ccc2Br)CCCN1. The molecule has 1 aliphatic rings. The lowest BCUT2D eigenvalue weighted by Gasteiger charge is -2.26. The van der Waals surface area contributed by atoms with Crippen LogP contribution >= 0.6 is 15.9 Å². The summed E-state index contributed by atoms with van der Waals surface area (Å²) in [5, 5.41) is 3.33. The molecule has 2 nitrogen and oxygen atoms in total. The van der Waals surface area contributed by atoms with Gasteiger partial charge in [0.05, 0.1) is 11.3 Å². The van der Waals surface area contributed by atoms with Gasteiger partial charge in [-0.3, -0.25) is 0 Å². The van der Waals surface area contributed by atoms with Crippen molar-refractivity contribution >= 4 is 21.6 Å². The van der Waals surface area contributed by atoms with E-state index in [0.717, 1.165) is 25.6 Å². The van der Waals surface area contributed by atoms with Crippen LogP contribution in [0.3, 0.4) is 0 Å². The maximum absolute atomic E-state index is 12.8. The molecule has 0 amide bonds. The van der Waals surface area contributed by atoms with Crippen LogP contribution in [0.15, 0.2) is 22.7 Å². The summed E-state index contributed by atoms with van der Waals surface area (Å²) in [6, 6.07) is 4.07. The number of hydrogen-bond donors (Lipinski definition) is 1. The van der Waals surface area contributed by atoms with Crippen molar-refractivity contribution in [2.75, 3.05) is 24.5 Å². The zero-order valence-corrected chi connectivity index (χ0v) is 12.2. The summed E-state index contributed by atoms with van der Waals surface area (Å²) in [5.41, 5.74) is 0.0148. The summed E-state index contributed by atoms with van der Waals surface area (Å²) in [6.45, 7) is 4.41. The third-order valence-corrected chi connectivity index (χ3v) is 3.88. The number of anilines is 1. The fraction of sp³-hybridized carbons (Fsp3) is 0.538. The molecular formula is C13H16BrF3N2. The van der Waals surface area contributed by atoms with Crippen molar-refractivity contribution in [2.45, 2.75) is 25.6 Å². The van der Waals surface area contributed by atoms with E-state index in [2.05, 4.69) is 21.2 Å². The summed E-state index contributed by atoms with van der Waals surface area (Å²) >= 11 is 3.35. The monoisotopic (exact) mass is 336 g/mol. The molecule has 0 bridgehead atoms. The number of rotatable bonds is 1. The minimum atomic E-state index is -4.30.